The van der Waals surface area contributed by atoms with Gasteiger partial charge in [-0.3, -0.25) is 4.79 Å². The number of halogens is 1. The number of methoxy groups -OCH3 is 1. The van der Waals surface area contributed by atoms with Crippen LogP contribution in [0, 0.1) is 5.92 Å². The summed E-state index contributed by atoms with van der Waals surface area (Å²) in [5.41, 5.74) is 0.763. The van der Waals surface area contributed by atoms with E-state index in [4.69, 9.17) is 4.74 Å². The second-order valence-corrected chi connectivity index (χ2v) is 3.75. The van der Waals surface area contributed by atoms with Gasteiger partial charge in [0.1, 0.15) is 5.75 Å². The SMILES string of the molecule is COc1ccc(C(=O)CC(C)C)cc1.Cl. The van der Waals surface area contributed by atoms with E-state index in [1.807, 2.05) is 38.1 Å². The minimum atomic E-state index is 0. The number of ketones is 1. The Kier molecular flexibility index (Phi) is 6.02. The number of benzene rings is 1. The molecule has 0 saturated heterocycles. The van der Waals surface area contributed by atoms with E-state index < -0.39 is 0 Å². The molecular formula is C12H17ClO2. The minimum Gasteiger partial charge on any atom is -0.497 e. The fraction of sp³-hybridized carbons (Fsp3) is 0.417. The molecule has 0 aliphatic carbocycles. The predicted molar refractivity (Wildman–Crippen MR) is 64.0 cm³/mol. The Bertz CT molecular complexity index is 304. The summed E-state index contributed by atoms with van der Waals surface area (Å²) >= 11 is 0. The maximum absolute atomic E-state index is 11.6. The van der Waals surface area contributed by atoms with Gasteiger partial charge in [0, 0.05) is 12.0 Å². The summed E-state index contributed by atoms with van der Waals surface area (Å²) in [6, 6.07) is 7.24. The molecule has 15 heavy (non-hydrogen) atoms. The van der Waals surface area contributed by atoms with Gasteiger partial charge in [0.25, 0.3) is 0 Å². The second-order valence-electron chi connectivity index (χ2n) is 3.75. The number of ether oxygens (including phenoxy) is 1. The summed E-state index contributed by atoms with van der Waals surface area (Å²) in [6.07, 6.45) is 0.604. The van der Waals surface area contributed by atoms with Crippen LogP contribution in [-0.4, -0.2) is 12.9 Å². The summed E-state index contributed by atoms with van der Waals surface area (Å²) in [6.45, 7) is 4.09. The largest absolute Gasteiger partial charge is 0.497 e. The molecule has 3 heteroatoms. The Morgan fingerprint density at radius 1 is 1.27 bits per heavy atom. The van der Waals surface area contributed by atoms with E-state index in [9.17, 15) is 4.79 Å². The van der Waals surface area contributed by atoms with Gasteiger partial charge in [-0.2, -0.15) is 0 Å². The van der Waals surface area contributed by atoms with Gasteiger partial charge in [-0.25, -0.2) is 0 Å². The molecule has 1 aromatic rings. The van der Waals surface area contributed by atoms with Crippen LogP contribution < -0.4 is 4.74 Å². The average molecular weight is 229 g/mol. The van der Waals surface area contributed by atoms with E-state index in [0.717, 1.165) is 11.3 Å². The average Bonchev–Trinajstić information content (AvgIpc) is 2.17. The van der Waals surface area contributed by atoms with E-state index in [1.165, 1.54) is 0 Å². The van der Waals surface area contributed by atoms with Crippen LogP contribution in [0.25, 0.3) is 0 Å². The highest BCUT2D eigenvalue weighted by molar-refractivity contribution is 5.96. The molecule has 0 aliphatic heterocycles. The summed E-state index contributed by atoms with van der Waals surface area (Å²) in [5.74, 6) is 1.39. The highest BCUT2D eigenvalue weighted by Crippen LogP contribution is 2.14. The van der Waals surface area contributed by atoms with E-state index >= 15 is 0 Å². The van der Waals surface area contributed by atoms with Gasteiger partial charge >= 0.3 is 0 Å². The lowest BCUT2D eigenvalue weighted by atomic mass is 10.0. The van der Waals surface area contributed by atoms with E-state index in [1.54, 1.807) is 7.11 Å². The molecule has 0 aliphatic rings. The fourth-order valence-corrected chi connectivity index (χ4v) is 1.27. The van der Waals surface area contributed by atoms with Crippen molar-refractivity contribution in [1.29, 1.82) is 0 Å². The molecule has 0 spiro atoms. The predicted octanol–water partition coefficient (Wildman–Crippen LogP) is 3.35. The fourth-order valence-electron chi connectivity index (χ4n) is 1.27. The number of Topliss-reactive ketones (excluding diaryl/α,β-unsaturated/α-hetero) is 1. The van der Waals surface area contributed by atoms with Crippen LogP contribution in [0.15, 0.2) is 24.3 Å². The zero-order chi connectivity index (χ0) is 10.6. The first-order valence-corrected chi connectivity index (χ1v) is 4.80. The molecular weight excluding hydrogens is 212 g/mol. The Morgan fingerprint density at radius 2 is 1.80 bits per heavy atom. The lowest BCUT2D eigenvalue weighted by Crippen LogP contribution is -2.03. The van der Waals surface area contributed by atoms with Crippen LogP contribution in [0.1, 0.15) is 30.6 Å². The highest BCUT2D eigenvalue weighted by Gasteiger charge is 2.07. The van der Waals surface area contributed by atoms with Crippen LogP contribution in [0.2, 0.25) is 0 Å². The Balaban J connectivity index is 0.00000196. The quantitative estimate of drug-likeness (QED) is 0.739. The van der Waals surface area contributed by atoms with Crippen molar-refractivity contribution < 1.29 is 9.53 Å². The Morgan fingerprint density at radius 3 is 2.20 bits per heavy atom. The zero-order valence-corrected chi connectivity index (χ0v) is 10.1. The second kappa shape index (κ2) is 6.46. The smallest absolute Gasteiger partial charge is 0.163 e. The van der Waals surface area contributed by atoms with Gasteiger partial charge in [-0.1, -0.05) is 13.8 Å². The molecule has 0 saturated carbocycles. The first-order valence-electron chi connectivity index (χ1n) is 4.80. The van der Waals surface area contributed by atoms with Gasteiger partial charge in [-0.05, 0) is 30.2 Å². The van der Waals surface area contributed by atoms with E-state index in [2.05, 4.69) is 0 Å². The van der Waals surface area contributed by atoms with Gasteiger partial charge in [0.05, 0.1) is 7.11 Å². The third kappa shape index (κ3) is 4.34. The highest BCUT2D eigenvalue weighted by atomic mass is 35.5. The van der Waals surface area contributed by atoms with Gasteiger partial charge in [0.15, 0.2) is 5.78 Å². The normalized spacial score (nSPS) is 9.60. The topological polar surface area (TPSA) is 26.3 Å². The van der Waals surface area contributed by atoms with Crippen LogP contribution in [0.4, 0.5) is 0 Å². The van der Waals surface area contributed by atoms with Crippen molar-refractivity contribution in [3.05, 3.63) is 29.8 Å². The molecule has 2 nitrogen and oxygen atoms in total. The monoisotopic (exact) mass is 228 g/mol. The van der Waals surface area contributed by atoms with Crippen LogP contribution >= 0.6 is 12.4 Å². The molecule has 84 valence electrons. The van der Waals surface area contributed by atoms with Gasteiger partial charge in [-0.15, -0.1) is 12.4 Å². The van der Waals surface area contributed by atoms with Crippen LogP contribution in [0.3, 0.4) is 0 Å². The maximum Gasteiger partial charge on any atom is 0.163 e. The number of carbonyl (C=O) groups is 1. The molecule has 0 bridgehead atoms. The summed E-state index contributed by atoms with van der Waals surface area (Å²) < 4.78 is 5.02. The molecule has 0 fully saturated rings. The summed E-state index contributed by atoms with van der Waals surface area (Å²) in [7, 11) is 1.62. The number of hydrogen-bond donors (Lipinski definition) is 0. The van der Waals surface area contributed by atoms with Crippen molar-refractivity contribution in [3.63, 3.8) is 0 Å². The molecule has 0 atom stereocenters. The zero-order valence-electron chi connectivity index (χ0n) is 9.32. The molecule has 0 N–H and O–H groups in total. The van der Waals surface area contributed by atoms with Gasteiger partial charge < -0.3 is 4.74 Å². The molecule has 0 amide bonds. The number of carbonyl (C=O) groups excluding carboxylic acids is 1. The molecule has 1 rings (SSSR count). The Hall–Kier alpha value is -1.02. The molecule has 1 aromatic carbocycles. The maximum atomic E-state index is 11.6. The van der Waals surface area contributed by atoms with Crippen LogP contribution in [0.5, 0.6) is 5.75 Å². The molecule has 0 radical (unpaired) electrons. The van der Waals surface area contributed by atoms with Crippen molar-refractivity contribution in [3.8, 4) is 5.75 Å². The van der Waals surface area contributed by atoms with Crippen LogP contribution in [-0.2, 0) is 0 Å². The molecule has 0 unspecified atom stereocenters. The van der Waals surface area contributed by atoms with Crippen molar-refractivity contribution in [2.45, 2.75) is 20.3 Å². The standard InChI is InChI=1S/C12H16O2.ClH/c1-9(2)8-12(13)10-4-6-11(14-3)7-5-10;/h4-7,9H,8H2,1-3H3;1H. The van der Waals surface area contributed by atoms with Crippen molar-refractivity contribution in [2.75, 3.05) is 7.11 Å². The summed E-state index contributed by atoms with van der Waals surface area (Å²) in [4.78, 5) is 11.6. The van der Waals surface area contributed by atoms with Crippen molar-refractivity contribution in [1.82, 2.24) is 0 Å². The first kappa shape index (κ1) is 14.0. The first-order chi connectivity index (χ1) is 6.63. The third-order valence-electron chi connectivity index (χ3n) is 2.01. The molecule has 0 heterocycles. The molecule has 0 aromatic heterocycles. The summed E-state index contributed by atoms with van der Waals surface area (Å²) in [5, 5.41) is 0. The van der Waals surface area contributed by atoms with E-state index in [-0.39, 0.29) is 18.2 Å². The lowest BCUT2D eigenvalue weighted by molar-refractivity contribution is 0.0968. The third-order valence-corrected chi connectivity index (χ3v) is 2.01. The van der Waals surface area contributed by atoms with Gasteiger partial charge in [0.2, 0.25) is 0 Å². The van der Waals surface area contributed by atoms with E-state index in [0.29, 0.717) is 12.3 Å². The lowest BCUT2D eigenvalue weighted by Gasteiger charge is -2.04. The van der Waals surface area contributed by atoms with Crippen molar-refractivity contribution >= 4 is 18.2 Å². The minimum absolute atomic E-state index is 0. The number of hydrogen-bond acceptors (Lipinski definition) is 2. The van der Waals surface area contributed by atoms with Crippen molar-refractivity contribution in [2.24, 2.45) is 5.92 Å². The Labute approximate surface area is 97.0 Å². The number of rotatable bonds is 4.